The highest BCUT2D eigenvalue weighted by Gasteiger charge is 2.14. The Hall–Kier alpha value is -2.83. The van der Waals surface area contributed by atoms with Crippen molar-refractivity contribution in [2.24, 2.45) is 0 Å². The lowest BCUT2D eigenvalue weighted by Crippen LogP contribution is -2.00. The third-order valence-corrected chi connectivity index (χ3v) is 3.95. The second kappa shape index (κ2) is 6.12. The summed E-state index contributed by atoms with van der Waals surface area (Å²) >= 11 is 6.08. The summed E-state index contributed by atoms with van der Waals surface area (Å²) < 4.78 is 0. The smallest absolute Gasteiger partial charge is 0.142 e. The van der Waals surface area contributed by atoms with Gasteiger partial charge in [0.2, 0.25) is 0 Å². The van der Waals surface area contributed by atoms with Gasteiger partial charge in [0.15, 0.2) is 0 Å². The van der Waals surface area contributed by atoms with E-state index in [9.17, 15) is 5.26 Å². The van der Waals surface area contributed by atoms with Crippen LogP contribution in [0.5, 0.6) is 0 Å². The predicted molar refractivity (Wildman–Crippen MR) is 94.0 cm³/mol. The number of aromatic nitrogens is 1. The molecule has 0 bridgehead atoms. The Bertz CT molecular complexity index is 926. The zero-order valence-corrected chi connectivity index (χ0v) is 13.3. The minimum absolute atomic E-state index is 0.225. The SMILES string of the molecule is Cc1ccccc1-c1cc(-c2cccc(Cl)c2)c(C#N)c(N)n1. The maximum Gasteiger partial charge on any atom is 0.142 e. The Morgan fingerprint density at radius 2 is 1.83 bits per heavy atom. The van der Waals surface area contributed by atoms with Gasteiger partial charge in [-0.15, -0.1) is 0 Å². The minimum Gasteiger partial charge on any atom is -0.383 e. The van der Waals surface area contributed by atoms with Crippen LogP contribution < -0.4 is 5.73 Å². The summed E-state index contributed by atoms with van der Waals surface area (Å²) in [5.74, 6) is 0.225. The average Bonchev–Trinajstić information content (AvgIpc) is 2.54. The molecule has 0 unspecified atom stereocenters. The highest BCUT2D eigenvalue weighted by molar-refractivity contribution is 6.30. The van der Waals surface area contributed by atoms with E-state index >= 15 is 0 Å². The Balaban J connectivity index is 2.27. The van der Waals surface area contributed by atoms with Gasteiger partial charge < -0.3 is 5.73 Å². The summed E-state index contributed by atoms with van der Waals surface area (Å²) in [6.45, 7) is 2.02. The van der Waals surface area contributed by atoms with Crippen LogP contribution in [0.4, 0.5) is 5.82 Å². The molecule has 0 amide bonds. The van der Waals surface area contributed by atoms with Gasteiger partial charge in [-0.1, -0.05) is 48.0 Å². The molecule has 3 rings (SSSR count). The van der Waals surface area contributed by atoms with Crippen molar-refractivity contribution in [3.63, 3.8) is 0 Å². The Morgan fingerprint density at radius 1 is 1.04 bits per heavy atom. The average molecular weight is 320 g/mol. The fourth-order valence-corrected chi connectivity index (χ4v) is 2.75. The standard InChI is InChI=1S/C19H14ClN3/c1-12-5-2-3-8-15(12)18-10-16(17(11-21)19(22)23-18)13-6-4-7-14(20)9-13/h2-10H,1H3,(H2,22,23). The number of hydrogen-bond donors (Lipinski definition) is 1. The van der Waals surface area contributed by atoms with Crippen molar-refractivity contribution in [1.29, 1.82) is 5.26 Å². The third-order valence-electron chi connectivity index (χ3n) is 3.72. The van der Waals surface area contributed by atoms with Crippen molar-refractivity contribution in [3.8, 4) is 28.5 Å². The van der Waals surface area contributed by atoms with Gasteiger partial charge in [-0.3, -0.25) is 0 Å². The Labute approximate surface area is 140 Å². The molecule has 4 heteroatoms. The number of nitrogens with zero attached hydrogens (tertiary/aromatic N) is 2. The topological polar surface area (TPSA) is 62.7 Å². The van der Waals surface area contributed by atoms with Crippen molar-refractivity contribution in [2.75, 3.05) is 5.73 Å². The number of nitriles is 1. The molecule has 1 heterocycles. The van der Waals surface area contributed by atoms with E-state index in [4.69, 9.17) is 17.3 Å². The molecule has 0 aliphatic carbocycles. The van der Waals surface area contributed by atoms with E-state index in [0.29, 0.717) is 10.6 Å². The molecule has 23 heavy (non-hydrogen) atoms. The molecule has 0 spiro atoms. The van der Waals surface area contributed by atoms with Crippen LogP contribution in [0.1, 0.15) is 11.1 Å². The first-order valence-corrected chi connectivity index (χ1v) is 7.50. The van der Waals surface area contributed by atoms with Crippen LogP contribution in [0.15, 0.2) is 54.6 Å². The molecule has 0 atom stereocenters. The van der Waals surface area contributed by atoms with E-state index in [1.807, 2.05) is 55.5 Å². The van der Waals surface area contributed by atoms with Gasteiger partial charge in [-0.2, -0.15) is 5.26 Å². The van der Waals surface area contributed by atoms with Crippen LogP contribution in [0.3, 0.4) is 0 Å². The van der Waals surface area contributed by atoms with Crippen molar-refractivity contribution >= 4 is 17.4 Å². The number of rotatable bonds is 2. The van der Waals surface area contributed by atoms with Crippen LogP contribution in [0.2, 0.25) is 5.02 Å². The summed E-state index contributed by atoms with van der Waals surface area (Å²) in [4.78, 5) is 4.41. The zero-order valence-electron chi connectivity index (χ0n) is 12.5. The molecule has 0 saturated carbocycles. The molecule has 0 aliphatic heterocycles. The first kappa shape index (κ1) is 15.1. The highest BCUT2D eigenvalue weighted by atomic mass is 35.5. The molecule has 0 saturated heterocycles. The van der Waals surface area contributed by atoms with E-state index in [0.717, 1.165) is 27.9 Å². The summed E-state index contributed by atoms with van der Waals surface area (Å²) in [5.41, 5.74) is 10.8. The zero-order chi connectivity index (χ0) is 16.4. The maximum atomic E-state index is 9.44. The molecule has 0 aliphatic rings. The second-order valence-corrected chi connectivity index (χ2v) is 5.69. The fourth-order valence-electron chi connectivity index (χ4n) is 2.56. The third kappa shape index (κ3) is 2.90. The molecular weight excluding hydrogens is 306 g/mol. The van der Waals surface area contributed by atoms with E-state index in [1.54, 1.807) is 6.07 Å². The number of nitrogens with two attached hydrogens (primary N) is 1. The number of halogens is 1. The normalized spacial score (nSPS) is 10.3. The molecule has 2 N–H and O–H groups in total. The van der Waals surface area contributed by atoms with Gasteiger partial charge in [-0.25, -0.2) is 4.98 Å². The van der Waals surface area contributed by atoms with Gasteiger partial charge >= 0.3 is 0 Å². The number of anilines is 1. The molecule has 0 fully saturated rings. The highest BCUT2D eigenvalue weighted by Crippen LogP contribution is 2.33. The monoisotopic (exact) mass is 319 g/mol. The Morgan fingerprint density at radius 3 is 2.52 bits per heavy atom. The van der Waals surface area contributed by atoms with Crippen molar-refractivity contribution in [3.05, 3.63) is 70.7 Å². The maximum absolute atomic E-state index is 9.44. The largest absolute Gasteiger partial charge is 0.383 e. The predicted octanol–water partition coefficient (Wildman–Crippen LogP) is 4.83. The van der Waals surface area contributed by atoms with Crippen molar-refractivity contribution < 1.29 is 0 Å². The lowest BCUT2D eigenvalue weighted by Gasteiger charge is -2.12. The van der Waals surface area contributed by atoms with E-state index in [2.05, 4.69) is 11.1 Å². The fraction of sp³-hybridized carbons (Fsp3) is 0.0526. The molecule has 0 radical (unpaired) electrons. The van der Waals surface area contributed by atoms with Crippen LogP contribution in [-0.2, 0) is 0 Å². The summed E-state index contributed by atoms with van der Waals surface area (Å²) in [7, 11) is 0. The number of aryl methyl sites for hydroxylation is 1. The van der Waals surface area contributed by atoms with Gasteiger partial charge in [0.25, 0.3) is 0 Å². The van der Waals surface area contributed by atoms with Gasteiger partial charge in [0.05, 0.1) is 5.69 Å². The van der Waals surface area contributed by atoms with Crippen LogP contribution >= 0.6 is 11.6 Å². The van der Waals surface area contributed by atoms with Crippen molar-refractivity contribution in [2.45, 2.75) is 6.92 Å². The number of nitrogen functional groups attached to an aromatic ring is 1. The lowest BCUT2D eigenvalue weighted by atomic mass is 9.97. The van der Waals surface area contributed by atoms with Crippen LogP contribution in [0, 0.1) is 18.3 Å². The van der Waals surface area contributed by atoms with E-state index < -0.39 is 0 Å². The number of benzene rings is 2. The first-order valence-electron chi connectivity index (χ1n) is 7.12. The summed E-state index contributed by atoms with van der Waals surface area (Å²) in [6.07, 6.45) is 0. The molecule has 2 aromatic carbocycles. The lowest BCUT2D eigenvalue weighted by molar-refractivity contribution is 1.29. The first-order chi connectivity index (χ1) is 11.1. The molecule has 3 aromatic rings. The van der Waals surface area contributed by atoms with Gasteiger partial charge in [-0.05, 0) is 36.2 Å². The molecular formula is C19H14ClN3. The molecule has 3 nitrogen and oxygen atoms in total. The van der Waals surface area contributed by atoms with Crippen LogP contribution in [-0.4, -0.2) is 4.98 Å². The molecule has 112 valence electrons. The van der Waals surface area contributed by atoms with Gasteiger partial charge in [0, 0.05) is 16.1 Å². The quantitative estimate of drug-likeness (QED) is 0.735. The number of hydrogen-bond acceptors (Lipinski definition) is 3. The number of pyridine rings is 1. The minimum atomic E-state index is 0.225. The molecule has 1 aromatic heterocycles. The summed E-state index contributed by atoms with van der Waals surface area (Å²) in [6, 6.07) is 19.3. The second-order valence-electron chi connectivity index (χ2n) is 5.25. The van der Waals surface area contributed by atoms with Crippen molar-refractivity contribution in [1.82, 2.24) is 4.98 Å². The summed E-state index contributed by atoms with van der Waals surface area (Å²) in [5, 5.41) is 10.1. The van der Waals surface area contributed by atoms with Gasteiger partial charge in [0.1, 0.15) is 17.5 Å². The van der Waals surface area contributed by atoms with Crippen LogP contribution in [0.25, 0.3) is 22.4 Å². The van der Waals surface area contributed by atoms with E-state index in [1.165, 1.54) is 0 Å². The Kier molecular flexibility index (Phi) is 4.01. The van der Waals surface area contributed by atoms with E-state index in [-0.39, 0.29) is 5.82 Å².